The van der Waals surface area contributed by atoms with Crippen molar-refractivity contribution in [2.24, 2.45) is 0 Å². The SMILES string of the molecule is CCOc1ccc(O[C@@H](C)C(=O)NNC(=O)Cc2ccc(C)c(C)c2)cc1. The Bertz CT molecular complexity index is 787. The molecule has 2 rings (SSSR count). The van der Waals surface area contributed by atoms with Crippen LogP contribution in [-0.4, -0.2) is 24.5 Å². The van der Waals surface area contributed by atoms with E-state index in [1.165, 1.54) is 5.56 Å². The molecule has 2 N–H and O–H groups in total. The van der Waals surface area contributed by atoms with Gasteiger partial charge in [-0.15, -0.1) is 0 Å². The highest BCUT2D eigenvalue weighted by atomic mass is 16.5. The van der Waals surface area contributed by atoms with Crippen LogP contribution in [0.15, 0.2) is 42.5 Å². The van der Waals surface area contributed by atoms with Crippen LogP contribution in [0.25, 0.3) is 0 Å². The van der Waals surface area contributed by atoms with Gasteiger partial charge in [0.25, 0.3) is 5.91 Å². The average molecular weight is 370 g/mol. The number of aryl methyl sites for hydroxylation is 2. The van der Waals surface area contributed by atoms with Crippen LogP contribution in [0.2, 0.25) is 0 Å². The summed E-state index contributed by atoms with van der Waals surface area (Å²) < 4.78 is 10.9. The highest BCUT2D eigenvalue weighted by molar-refractivity contribution is 5.85. The first-order chi connectivity index (χ1) is 12.9. The zero-order valence-corrected chi connectivity index (χ0v) is 16.2. The molecule has 0 saturated carbocycles. The van der Waals surface area contributed by atoms with E-state index in [4.69, 9.17) is 9.47 Å². The van der Waals surface area contributed by atoms with Gasteiger partial charge in [-0.25, -0.2) is 0 Å². The maximum absolute atomic E-state index is 12.1. The van der Waals surface area contributed by atoms with Gasteiger partial charge in [0.15, 0.2) is 6.10 Å². The Labute approximate surface area is 159 Å². The van der Waals surface area contributed by atoms with Crippen LogP contribution in [0.1, 0.15) is 30.5 Å². The fraction of sp³-hybridized carbons (Fsp3) is 0.333. The van der Waals surface area contributed by atoms with Crippen molar-refractivity contribution in [3.05, 3.63) is 59.2 Å². The van der Waals surface area contributed by atoms with E-state index in [1.54, 1.807) is 31.2 Å². The quantitative estimate of drug-likeness (QED) is 0.735. The second-order valence-electron chi connectivity index (χ2n) is 6.30. The van der Waals surface area contributed by atoms with Gasteiger partial charge in [0.2, 0.25) is 5.91 Å². The number of rotatable bonds is 7. The Morgan fingerprint density at radius 3 is 2.26 bits per heavy atom. The first-order valence-corrected chi connectivity index (χ1v) is 8.93. The molecule has 0 aliphatic heterocycles. The van der Waals surface area contributed by atoms with Gasteiger partial charge in [-0.2, -0.15) is 0 Å². The predicted molar refractivity (Wildman–Crippen MR) is 104 cm³/mol. The summed E-state index contributed by atoms with van der Waals surface area (Å²) in [6.07, 6.45) is -0.569. The summed E-state index contributed by atoms with van der Waals surface area (Å²) in [4.78, 5) is 24.1. The molecule has 0 aromatic heterocycles. The van der Waals surface area contributed by atoms with E-state index in [2.05, 4.69) is 10.9 Å². The Balaban J connectivity index is 1.79. The minimum atomic E-state index is -0.759. The summed E-state index contributed by atoms with van der Waals surface area (Å²) in [7, 11) is 0. The summed E-state index contributed by atoms with van der Waals surface area (Å²) in [6.45, 7) is 8.12. The van der Waals surface area contributed by atoms with Crippen molar-refractivity contribution in [2.45, 2.75) is 40.2 Å². The van der Waals surface area contributed by atoms with E-state index in [1.807, 2.05) is 39.0 Å². The number of hydrogen-bond acceptors (Lipinski definition) is 4. The van der Waals surface area contributed by atoms with Crippen molar-refractivity contribution < 1.29 is 19.1 Å². The van der Waals surface area contributed by atoms with E-state index < -0.39 is 12.0 Å². The molecule has 6 nitrogen and oxygen atoms in total. The summed E-state index contributed by atoms with van der Waals surface area (Å²) in [5.74, 6) is 0.556. The fourth-order valence-electron chi connectivity index (χ4n) is 2.41. The third-order valence-electron chi connectivity index (χ3n) is 4.08. The molecule has 0 heterocycles. The van der Waals surface area contributed by atoms with Crippen molar-refractivity contribution in [1.82, 2.24) is 10.9 Å². The Morgan fingerprint density at radius 1 is 0.963 bits per heavy atom. The molecule has 144 valence electrons. The highest BCUT2D eigenvalue weighted by Crippen LogP contribution is 2.18. The molecule has 1 atom stereocenters. The van der Waals surface area contributed by atoms with Gasteiger partial charge in [0, 0.05) is 0 Å². The number of carbonyl (C=O) groups excluding carboxylic acids is 2. The molecule has 2 amide bonds. The summed E-state index contributed by atoms with van der Waals surface area (Å²) in [6, 6.07) is 12.8. The van der Waals surface area contributed by atoms with E-state index in [9.17, 15) is 9.59 Å². The summed E-state index contributed by atoms with van der Waals surface area (Å²) in [5.41, 5.74) is 8.00. The molecule has 0 fully saturated rings. The molecule has 0 bridgehead atoms. The maximum Gasteiger partial charge on any atom is 0.279 e. The lowest BCUT2D eigenvalue weighted by Crippen LogP contribution is -2.47. The van der Waals surface area contributed by atoms with Crippen LogP contribution >= 0.6 is 0 Å². The van der Waals surface area contributed by atoms with Crippen LogP contribution in [0.3, 0.4) is 0 Å². The molecule has 6 heteroatoms. The van der Waals surface area contributed by atoms with E-state index in [0.717, 1.165) is 16.9 Å². The first kappa shape index (κ1) is 20.3. The standard InChI is InChI=1S/C21H26N2O4/c1-5-26-18-8-10-19(11-9-18)27-16(4)21(25)23-22-20(24)13-17-7-6-14(2)15(3)12-17/h6-12,16H,5,13H2,1-4H3,(H,22,24)(H,23,25)/t16-/m0/s1. The maximum atomic E-state index is 12.1. The third kappa shape index (κ3) is 6.33. The van der Waals surface area contributed by atoms with Gasteiger partial charge < -0.3 is 9.47 Å². The summed E-state index contributed by atoms with van der Waals surface area (Å²) in [5, 5.41) is 0. The number of amides is 2. The number of ether oxygens (including phenoxy) is 2. The van der Waals surface area contributed by atoms with Gasteiger partial charge in [-0.3, -0.25) is 20.4 Å². The molecule has 0 spiro atoms. The average Bonchev–Trinajstić information content (AvgIpc) is 2.64. The second-order valence-corrected chi connectivity index (χ2v) is 6.30. The number of benzene rings is 2. The molecule has 0 aliphatic rings. The van der Waals surface area contributed by atoms with Crippen molar-refractivity contribution in [3.8, 4) is 11.5 Å². The van der Waals surface area contributed by atoms with Crippen LogP contribution in [0.5, 0.6) is 11.5 Å². The number of hydrazine groups is 1. The number of nitrogens with one attached hydrogen (secondary N) is 2. The summed E-state index contributed by atoms with van der Waals surface area (Å²) >= 11 is 0. The van der Waals surface area contributed by atoms with Gasteiger partial charge in [-0.05, 0) is 68.7 Å². The molecule has 0 radical (unpaired) electrons. The van der Waals surface area contributed by atoms with Crippen molar-refractivity contribution in [2.75, 3.05) is 6.61 Å². The van der Waals surface area contributed by atoms with Gasteiger partial charge in [0.05, 0.1) is 13.0 Å². The van der Waals surface area contributed by atoms with Gasteiger partial charge in [-0.1, -0.05) is 18.2 Å². The topological polar surface area (TPSA) is 76.7 Å². The monoisotopic (exact) mass is 370 g/mol. The lowest BCUT2D eigenvalue weighted by atomic mass is 10.0. The lowest BCUT2D eigenvalue weighted by molar-refractivity contribution is -0.132. The van der Waals surface area contributed by atoms with E-state index >= 15 is 0 Å². The minimum absolute atomic E-state index is 0.190. The first-order valence-electron chi connectivity index (χ1n) is 8.93. The van der Waals surface area contributed by atoms with Crippen molar-refractivity contribution in [1.29, 1.82) is 0 Å². The molecule has 2 aromatic carbocycles. The molecule has 0 aliphatic carbocycles. The van der Waals surface area contributed by atoms with E-state index in [0.29, 0.717) is 12.4 Å². The van der Waals surface area contributed by atoms with E-state index in [-0.39, 0.29) is 12.3 Å². The van der Waals surface area contributed by atoms with Gasteiger partial charge in [0.1, 0.15) is 11.5 Å². The zero-order valence-electron chi connectivity index (χ0n) is 16.2. The van der Waals surface area contributed by atoms with Crippen LogP contribution < -0.4 is 20.3 Å². The lowest BCUT2D eigenvalue weighted by Gasteiger charge is -2.15. The third-order valence-corrected chi connectivity index (χ3v) is 4.08. The molecule has 0 unspecified atom stereocenters. The Kier molecular flexibility index (Phi) is 7.23. The smallest absolute Gasteiger partial charge is 0.279 e. The highest BCUT2D eigenvalue weighted by Gasteiger charge is 2.15. The van der Waals surface area contributed by atoms with Crippen molar-refractivity contribution in [3.63, 3.8) is 0 Å². The molecule has 2 aromatic rings. The molecule has 0 saturated heterocycles. The van der Waals surface area contributed by atoms with Crippen LogP contribution in [0, 0.1) is 13.8 Å². The Hall–Kier alpha value is -3.02. The Morgan fingerprint density at radius 2 is 1.63 bits per heavy atom. The van der Waals surface area contributed by atoms with Gasteiger partial charge >= 0.3 is 0 Å². The van der Waals surface area contributed by atoms with Crippen molar-refractivity contribution >= 4 is 11.8 Å². The minimum Gasteiger partial charge on any atom is -0.494 e. The van der Waals surface area contributed by atoms with Crippen LogP contribution in [0.4, 0.5) is 0 Å². The molecule has 27 heavy (non-hydrogen) atoms. The number of hydrogen-bond donors (Lipinski definition) is 2. The largest absolute Gasteiger partial charge is 0.494 e. The zero-order chi connectivity index (χ0) is 19.8. The second kappa shape index (κ2) is 9.62. The normalized spacial score (nSPS) is 11.4. The fourth-order valence-corrected chi connectivity index (χ4v) is 2.41. The molecular formula is C21H26N2O4. The predicted octanol–water partition coefficient (Wildman–Crippen LogP) is 2.86. The van der Waals surface area contributed by atoms with Crippen LogP contribution in [-0.2, 0) is 16.0 Å². The number of carbonyl (C=O) groups is 2. The molecular weight excluding hydrogens is 344 g/mol.